The van der Waals surface area contributed by atoms with Crippen molar-refractivity contribution < 1.29 is 9.63 Å². The highest BCUT2D eigenvalue weighted by Gasteiger charge is 2.08. The topological polar surface area (TPSA) is 51.5 Å². The van der Waals surface area contributed by atoms with Crippen LogP contribution < -0.4 is 0 Å². The standard InChI is InChI=1S/C15H14N2O2/c1-2-14(18)19-17-15(12-7-4-3-5-8-12)13-9-6-10-16-11-13/h3-11H,2H2,1H3/b17-15+. The molecular weight excluding hydrogens is 240 g/mol. The first-order chi connectivity index (χ1) is 9.31. The summed E-state index contributed by atoms with van der Waals surface area (Å²) in [5, 5.41) is 3.96. The van der Waals surface area contributed by atoms with Crippen LogP contribution in [-0.2, 0) is 9.63 Å². The summed E-state index contributed by atoms with van der Waals surface area (Å²) in [6.07, 6.45) is 3.66. The van der Waals surface area contributed by atoms with E-state index in [1.54, 1.807) is 19.3 Å². The molecule has 0 bridgehead atoms. The molecule has 0 spiro atoms. The Balaban J connectivity index is 2.37. The molecule has 0 fully saturated rings. The van der Waals surface area contributed by atoms with Gasteiger partial charge >= 0.3 is 5.97 Å². The molecule has 0 saturated carbocycles. The lowest BCUT2D eigenvalue weighted by Crippen LogP contribution is -2.07. The zero-order valence-electron chi connectivity index (χ0n) is 10.6. The molecule has 0 aliphatic rings. The fraction of sp³-hybridized carbons (Fsp3) is 0.133. The molecule has 0 aliphatic heterocycles. The molecule has 0 amide bonds. The maximum atomic E-state index is 11.2. The van der Waals surface area contributed by atoms with Gasteiger partial charge in [0, 0.05) is 29.9 Å². The Hall–Kier alpha value is -2.49. The van der Waals surface area contributed by atoms with Gasteiger partial charge in [-0.2, -0.15) is 0 Å². The lowest BCUT2D eigenvalue weighted by Gasteiger charge is -2.05. The average molecular weight is 254 g/mol. The Morgan fingerprint density at radius 3 is 2.53 bits per heavy atom. The van der Waals surface area contributed by atoms with Crippen molar-refractivity contribution in [3.8, 4) is 0 Å². The fourth-order valence-corrected chi connectivity index (χ4v) is 1.53. The predicted molar refractivity (Wildman–Crippen MR) is 72.7 cm³/mol. The number of oxime groups is 1. The number of nitrogens with zero attached hydrogens (tertiary/aromatic N) is 2. The molecule has 96 valence electrons. The summed E-state index contributed by atoms with van der Waals surface area (Å²) in [5.41, 5.74) is 2.27. The third kappa shape index (κ3) is 3.48. The summed E-state index contributed by atoms with van der Waals surface area (Å²) < 4.78 is 0. The molecule has 0 aliphatic carbocycles. The Morgan fingerprint density at radius 1 is 1.16 bits per heavy atom. The molecule has 4 heteroatoms. The minimum absolute atomic E-state index is 0.290. The van der Waals surface area contributed by atoms with Crippen molar-refractivity contribution in [3.05, 3.63) is 66.0 Å². The van der Waals surface area contributed by atoms with Gasteiger partial charge < -0.3 is 4.84 Å². The highest BCUT2D eigenvalue weighted by Crippen LogP contribution is 2.10. The Bertz CT molecular complexity index is 524. The van der Waals surface area contributed by atoms with E-state index < -0.39 is 0 Å². The molecular formula is C15H14N2O2. The van der Waals surface area contributed by atoms with Gasteiger partial charge in [0.25, 0.3) is 0 Å². The van der Waals surface area contributed by atoms with E-state index in [-0.39, 0.29) is 5.97 Å². The molecule has 1 heterocycles. The molecule has 0 unspecified atom stereocenters. The zero-order valence-corrected chi connectivity index (χ0v) is 10.6. The van der Waals surface area contributed by atoms with E-state index in [4.69, 9.17) is 4.84 Å². The summed E-state index contributed by atoms with van der Waals surface area (Å²) in [4.78, 5) is 20.2. The van der Waals surface area contributed by atoms with Crippen LogP contribution in [0.4, 0.5) is 0 Å². The lowest BCUT2D eigenvalue weighted by molar-refractivity contribution is -0.143. The smallest absolute Gasteiger partial charge is 0.318 e. The van der Waals surface area contributed by atoms with Crippen molar-refractivity contribution in [2.45, 2.75) is 13.3 Å². The fourth-order valence-electron chi connectivity index (χ4n) is 1.53. The van der Waals surface area contributed by atoms with Crippen LogP contribution in [-0.4, -0.2) is 16.7 Å². The first-order valence-corrected chi connectivity index (χ1v) is 6.05. The maximum Gasteiger partial charge on any atom is 0.334 e. The van der Waals surface area contributed by atoms with Crippen LogP contribution in [0.5, 0.6) is 0 Å². The monoisotopic (exact) mass is 254 g/mol. The molecule has 19 heavy (non-hydrogen) atoms. The Morgan fingerprint density at radius 2 is 1.89 bits per heavy atom. The molecule has 1 aromatic heterocycles. The van der Waals surface area contributed by atoms with Gasteiger partial charge in [0.15, 0.2) is 0 Å². The van der Waals surface area contributed by atoms with Crippen LogP contribution in [0.25, 0.3) is 0 Å². The SMILES string of the molecule is CCC(=O)O/N=C(\c1ccccc1)c1cccnc1. The van der Waals surface area contributed by atoms with Gasteiger partial charge in [-0.15, -0.1) is 0 Å². The number of hydrogen-bond acceptors (Lipinski definition) is 4. The van der Waals surface area contributed by atoms with Crippen LogP contribution >= 0.6 is 0 Å². The van der Waals surface area contributed by atoms with Crippen molar-refractivity contribution in [1.82, 2.24) is 4.98 Å². The van der Waals surface area contributed by atoms with Gasteiger partial charge in [-0.1, -0.05) is 42.4 Å². The second-order valence-electron chi connectivity index (χ2n) is 3.86. The molecule has 0 radical (unpaired) electrons. The third-order valence-corrected chi connectivity index (χ3v) is 2.51. The van der Waals surface area contributed by atoms with Crippen LogP contribution in [0.2, 0.25) is 0 Å². The molecule has 0 saturated heterocycles. The van der Waals surface area contributed by atoms with E-state index >= 15 is 0 Å². The third-order valence-electron chi connectivity index (χ3n) is 2.51. The van der Waals surface area contributed by atoms with E-state index in [0.29, 0.717) is 12.1 Å². The first kappa shape index (κ1) is 13.0. The molecule has 4 nitrogen and oxygen atoms in total. The maximum absolute atomic E-state index is 11.2. The summed E-state index contributed by atoms with van der Waals surface area (Å²) in [5.74, 6) is -0.364. The number of aromatic nitrogens is 1. The van der Waals surface area contributed by atoms with E-state index in [1.807, 2.05) is 42.5 Å². The van der Waals surface area contributed by atoms with Crippen molar-refractivity contribution in [2.75, 3.05) is 0 Å². The molecule has 2 aromatic rings. The molecule has 2 rings (SSSR count). The van der Waals surface area contributed by atoms with E-state index in [2.05, 4.69) is 10.1 Å². The highest BCUT2D eigenvalue weighted by atomic mass is 16.7. The van der Waals surface area contributed by atoms with Gasteiger partial charge in [0.1, 0.15) is 5.71 Å². The number of hydrogen-bond donors (Lipinski definition) is 0. The van der Waals surface area contributed by atoms with Crippen molar-refractivity contribution in [2.24, 2.45) is 5.16 Å². The van der Waals surface area contributed by atoms with Gasteiger partial charge in [-0.3, -0.25) is 4.98 Å². The number of pyridine rings is 1. The van der Waals surface area contributed by atoms with E-state index in [0.717, 1.165) is 11.1 Å². The van der Waals surface area contributed by atoms with Crippen LogP contribution in [0.3, 0.4) is 0 Å². The normalized spacial score (nSPS) is 11.1. The minimum atomic E-state index is -0.364. The number of carbonyl (C=O) groups is 1. The summed E-state index contributed by atoms with van der Waals surface area (Å²) >= 11 is 0. The molecule has 1 aromatic carbocycles. The van der Waals surface area contributed by atoms with Crippen molar-refractivity contribution in [1.29, 1.82) is 0 Å². The van der Waals surface area contributed by atoms with Gasteiger partial charge in [-0.05, 0) is 12.1 Å². The van der Waals surface area contributed by atoms with Gasteiger partial charge in [0.05, 0.1) is 0 Å². The second-order valence-corrected chi connectivity index (χ2v) is 3.86. The minimum Gasteiger partial charge on any atom is -0.318 e. The largest absolute Gasteiger partial charge is 0.334 e. The molecule has 0 N–H and O–H groups in total. The lowest BCUT2D eigenvalue weighted by atomic mass is 10.0. The predicted octanol–water partition coefficient (Wildman–Crippen LogP) is 2.79. The van der Waals surface area contributed by atoms with Crippen LogP contribution in [0.1, 0.15) is 24.5 Å². The number of rotatable bonds is 4. The highest BCUT2D eigenvalue weighted by molar-refractivity contribution is 6.12. The average Bonchev–Trinajstić information content (AvgIpc) is 2.49. The van der Waals surface area contributed by atoms with Crippen LogP contribution in [0, 0.1) is 0 Å². The number of benzene rings is 1. The van der Waals surface area contributed by atoms with Crippen molar-refractivity contribution >= 4 is 11.7 Å². The molecule has 0 atom stereocenters. The van der Waals surface area contributed by atoms with Crippen LogP contribution in [0.15, 0.2) is 60.0 Å². The van der Waals surface area contributed by atoms with E-state index in [1.165, 1.54) is 0 Å². The Kier molecular flexibility index (Phi) is 4.39. The zero-order chi connectivity index (χ0) is 13.5. The van der Waals surface area contributed by atoms with Gasteiger partial charge in [-0.25, -0.2) is 4.79 Å². The second kappa shape index (κ2) is 6.44. The Labute approximate surface area is 111 Å². The quantitative estimate of drug-likeness (QED) is 0.479. The van der Waals surface area contributed by atoms with Gasteiger partial charge in [0.2, 0.25) is 0 Å². The number of carbonyl (C=O) groups excluding carboxylic acids is 1. The summed E-state index contributed by atoms with van der Waals surface area (Å²) in [6.45, 7) is 1.73. The first-order valence-electron chi connectivity index (χ1n) is 6.05. The summed E-state index contributed by atoms with van der Waals surface area (Å²) in [6, 6.07) is 13.2. The van der Waals surface area contributed by atoms with Crippen molar-refractivity contribution in [3.63, 3.8) is 0 Å². The van der Waals surface area contributed by atoms with E-state index in [9.17, 15) is 4.79 Å². The summed E-state index contributed by atoms with van der Waals surface area (Å²) in [7, 11) is 0.